The Kier molecular flexibility index (Phi) is 7.40. The highest BCUT2D eigenvalue weighted by Gasteiger charge is 2.25. The molecular weight excluding hydrogens is 420 g/mol. The van der Waals surface area contributed by atoms with Crippen molar-refractivity contribution < 1.29 is 18.1 Å². The molecule has 0 bridgehead atoms. The van der Waals surface area contributed by atoms with Gasteiger partial charge in [0.05, 0.1) is 9.82 Å². The number of nitrogens with one attached hydrogen (secondary N) is 2. The summed E-state index contributed by atoms with van der Waals surface area (Å²) in [6.45, 7) is 10.0. The second-order valence-corrected chi connectivity index (χ2v) is 9.65. The van der Waals surface area contributed by atoms with Gasteiger partial charge in [0.1, 0.15) is 5.69 Å². The van der Waals surface area contributed by atoms with Gasteiger partial charge in [-0.25, -0.2) is 13.1 Å². The van der Waals surface area contributed by atoms with Gasteiger partial charge in [0.2, 0.25) is 10.0 Å². The molecule has 1 amide bonds. The van der Waals surface area contributed by atoms with E-state index in [1.54, 1.807) is 49.9 Å². The van der Waals surface area contributed by atoms with Gasteiger partial charge in [-0.3, -0.25) is 14.9 Å². The van der Waals surface area contributed by atoms with Crippen molar-refractivity contribution in [2.75, 3.05) is 18.4 Å². The minimum absolute atomic E-state index is 0.0940. The Balaban J connectivity index is 2.31. The van der Waals surface area contributed by atoms with Crippen LogP contribution >= 0.6 is 0 Å². The van der Waals surface area contributed by atoms with Crippen LogP contribution in [-0.2, 0) is 10.0 Å². The molecule has 0 unspecified atom stereocenters. The number of carbonyl (C=O) groups excluding carboxylic acids is 1. The summed E-state index contributed by atoms with van der Waals surface area (Å²) in [5, 5.41) is 14.5. The minimum atomic E-state index is -3.92. The average Bonchev–Trinajstić information content (AvgIpc) is 2.67. The molecule has 2 rings (SSSR count). The lowest BCUT2D eigenvalue weighted by molar-refractivity contribution is -0.384. The van der Waals surface area contributed by atoms with E-state index in [4.69, 9.17) is 0 Å². The van der Waals surface area contributed by atoms with Crippen LogP contribution in [0.15, 0.2) is 47.4 Å². The summed E-state index contributed by atoms with van der Waals surface area (Å²) in [6, 6.07) is 10.3. The Labute approximate surface area is 182 Å². The predicted octanol–water partition coefficient (Wildman–Crippen LogP) is 3.90. The van der Waals surface area contributed by atoms with E-state index in [-0.39, 0.29) is 22.2 Å². The van der Waals surface area contributed by atoms with Crippen molar-refractivity contribution in [3.8, 4) is 0 Å². The van der Waals surface area contributed by atoms with E-state index in [9.17, 15) is 23.3 Å². The van der Waals surface area contributed by atoms with Crippen LogP contribution in [0.1, 0.15) is 45.0 Å². The number of sulfonamides is 1. The van der Waals surface area contributed by atoms with Gasteiger partial charge >= 0.3 is 0 Å². The standard InChI is InChI=1S/C21H28N4O5S/c1-6-24(7-2)20(26)15-8-10-16(11-9-15)22-18-13-12-17(14-19(18)25(27)28)31(29,30)23-21(3,4)5/h8-14,22-23H,6-7H2,1-5H3. The van der Waals surface area contributed by atoms with Crippen LogP contribution in [0.4, 0.5) is 17.1 Å². The lowest BCUT2D eigenvalue weighted by atomic mass is 10.1. The predicted molar refractivity (Wildman–Crippen MR) is 120 cm³/mol. The molecule has 168 valence electrons. The zero-order valence-electron chi connectivity index (χ0n) is 18.3. The first kappa shape index (κ1) is 24.3. The smallest absolute Gasteiger partial charge is 0.294 e. The molecule has 0 radical (unpaired) electrons. The molecular formula is C21H28N4O5S. The number of carbonyl (C=O) groups is 1. The van der Waals surface area contributed by atoms with Crippen molar-refractivity contribution in [1.29, 1.82) is 0 Å². The summed E-state index contributed by atoms with van der Waals surface area (Å²) in [5.74, 6) is -0.0940. The highest BCUT2D eigenvalue weighted by atomic mass is 32.2. The van der Waals surface area contributed by atoms with Crippen molar-refractivity contribution in [3.63, 3.8) is 0 Å². The summed E-state index contributed by atoms with van der Waals surface area (Å²) in [6.07, 6.45) is 0. The minimum Gasteiger partial charge on any atom is -0.350 e. The summed E-state index contributed by atoms with van der Waals surface area (Å²) in [5.41, 5.74) is 0.0816. The molecule has 0 fully saturated rings. The number of anilines is 2. The van der Waals surface area contributed by atoms with E-state index >= 15 is 0 Å². The summed E-state index contributed by atoms with van der Waals surface area (Å²) >= 11 is 0. The van der Waals surface area contributed by atoms with E-state index in [1.165, 1.54) is 12.1 Å². The third kappa shape index (κ3) is 6.25. The monoisotopic (exact) mass is 448 g/mol. The third-order valence-electron chi connectivity index (χ3n) is 4.38. The lowest BCUT2D eigenvalue weighted by Gasteiger charge is -2.20. The van der Waals surface area contributed by atoms with Gasteiger partial charge < -0.3 is 10.2 Å². The number of hydrogen-bond acceptors (Lipinski definition) is 6. The second-order valence-electron chi connectivity index (χ2n) is 7.97. The number of rotatable bonds is 8. The largest absolute Gasteiger partial charge is 0.350 e. The maximum absolute atomic E-state index is 12.5. The average molecular weight is 449 g/mol. The molecule has 0 aliphatic rings. The summed E-state index contributed by atoms with van der Waals surface area (Å²) in [7, 11) is -3.92. The molecule has 0 aliphatic carbocycles. The summed E-state index contributed by atoms with van der Waals surface area (Å²) in [4.78, 5) is 24.8. The molecule has 2 N–H and O–H groups in total. The summed E-state index contributed by atoms with van der Waals surface area (Å²) < 4.78 is 27.5. The fourth-order valence-electron chi connectivity index (χ4n) is 2.94. The van der Waals surface area contributed by atoms with Crippen LogP contribution < -0.4 is 10.0 Å². The Morgan fingerprint density at radius 3 is 2.13 bits per heavy atom. The third-order valence-corrected chi connectivity index (χ3v) is 6.13. The first-order chi connectivity index (χ1) is 14.4. The van der Waals surface area contributed by atoms with Gasteiger partial charge in [0.15, 0.2) is 0 Å². The maximum Gasteiger partial charge on any atom is 0.294 e. The lowest BCUT2D eigenvalue weighted by Crippen LogP contribution is -2.40. The van der Waals surface area contributed by atoms with Crippen LogP contribution in [-0.4, -0.2) is 42.8 Å². The number of nitro benzene ring substituents is 1. The first-order valence-corrected chi connectivity index (χ1v) is 11.3. The Hall–Kier alpha value is -2.98. The van der Waals surface area contributed by atoms with Gasteiger partial charge in [-0.2, -0.15) is 0 Å². The molecule has 31 heavy (non-hydrogen) atoms. The van der Waals surface area contributed by atoms with Gasteiger partial charge in [-0.05, 0) is 71.0 Å². The quantitative estimate of drug-likeness (QED) is 0.467. The normalized spacial score (nSPS) is 11.8. The molecule has 0 aromatic heterocycles. The number of nitrogens with zero attached hydrogens (tertiary/aromatic N) is 2. The Bertz CT molecular complexity index is 1060. The van der Waals surface area contributed by atoms with Crippen LogP contribution in [0.2, 0.25) is 0 Å². The van der Waals surface area contributed by atoms with Crippen molar-refractivity contribution in [2.24, 2.45) is 0 Å². The number of benzene rings is 2. The van der Waals surface area contributed by atoms with E-state index in [0.717, 1.165) is 6.07 Å². The Morgan fingerprint density at radius 2 is 1.65 bits per heavy atom. The van der Waals surface area contributed by atoms with Crippen molar-refractivity contribution in [1.82, 2.24) is 9.62 Å². The van der Waals surface area contributed by atoms with Gasteiger partial charge in [0, 0.05) is 35.9 Å². The topological polar surface area (TPSA) is 122 Å². The van der Waals surface area contributed by atoms with Crippen molar-refractivity contribution in [2.45, 2.75) is 45.1 Å². The molecule has 0 atom stereocenters. The van der Waals surface area contributed by atoms with E-state index in [1.807, 2.05) is 13.8 Å². The van der Waals surface area contributed by atoms with Crippen LogP contribution in [0.3, 0.4) is 0 Å². The van der Waals surface area contributed by atoms with Crippen molar-refractivity contribution in [3.05, 3.63) is 58.1 Å². The molecule has 2 aromatic rings. The second kappa shape index (κ2) is 9.44. The number of amides is 1. The molecule has 0 saturated carbocycles. The number of nitro groups is 1. The van der Waals surface area contributed by atoms with Gasteiger partial charge in [-0.1, -0.05) is 0 Å². The molecule has 0 heterocycles. The molecule has 0 saturated heterocycles. The maximum atomic E-state index is 12.5. The highest BCUT2D eigenvalue weighted by molar-refractivity contribution is 7.89. The molecule has 10 heteroatoms. The van der Waals surface area contributed by atoms with E-state index in [0.29, 0.717) is 24.3 Å². The van der Waals surface area contributed by atoms with Crippen LogP contribution in [0, 0.1) is 10.1 Å². The molecule has 0 spiro atoms. The molecule has 0 aliphatic heterocycles. The van der Waals surface area contributed by atoms with Crippen LogP contribution in [0.5, 0.6) is 0 Å². The SMILES string of the molecule is CCN(CC)C(=O)c1ccc(Nc2ccc(S(=O)(=O)NC(C)(C)C)cc2[N+](=O)[O-])cc1. The highest BCUT2D eigenvalue weighted by Crippen LogP contribution is 2.30. The van der Waals surface area contributed by atoms with Gasteiger partial charge in [0.25, 0.3) is 11.6 Å². The van der Waals surface area contributed by atoms with E-state index in [2.05, 4.69) is 10.0 Å². The van der Waals surface area contributed by atoms with E-state index < -0.39 is 20.5 Å². The fourth-order valence-corrected chi connectivity index (χ4v) is 4.38. The fraction of sp³-hybridized carbons (Fsp3) is 0.381. The molecule has 9 nitrogen and oxygen atoms in total. The van der Waals surface area contributed by atoms with Crippen LogP contribution in [0.25, 0.3) is 0 Å². The first-order valence-electron chi connectivity index (χ1n) is 9.86. The molecule has 2 aromatic carbocycles. The van der Waals surface area contributed by atoms with Crippen molar-refractivity contribution >= 4 is 33.0 Å². The van der Waals surface area contributed by atoms with Gasteiger partial charge in [-0.15, -0.1) is 0 Å². The number of hydrogen-bond donors (Lipinski definition) is 2. The zero-order chi connectivity index (χ0) is 23.4. The Morgan fingerprint density at radius 1 is 1.06 bits per heavy atom. The zero-order valence-corrected chi connectivity index (χ0v) is 19.1.